The Morgan fingerprint density at radius 3 is 1.68 bits per heavy atom. The second kappa shape index (κ2) is 15.6. The maximum absolute atomic E-state index is 5.60. The molecule has 15 rings (SSSR count). The maximum Gasteiger partial charge on any atom is 0.235 e. The smallest absolute Gasteiger partial charge is 0.235 e. The molecule has 5 aromatic heterocycles. The first-order valence-electron chi connectivity index (χ1n) is 23.9. The van der Waals surface area contributed by atoms with Gasteiger partial charge in [0.05, 0.1) is 44.5 Å². The standard InChI is InChI=1S/C64H38N6S/c1-4-18-40(19-5-1)56-38-44-31-34-51-59(62(44)71-56)61(42-22-8-3-9-23-42)68-64(66-51)70-53-35-33-43(37-49(53)58-45-24-11-10-17-39(45)32-36-55(58)70)46-27-16-30-54-57(46)48-26-13-15-29-52(48)69(54)63-65-50-28-14-12-25-47(50)60(67-63)41-20-6-2-7-21-41/h1-38H. The van der Waals surface area contributed by atoms with E-state index in [0.29, 0.717) is 11.9 Å². The van der Waals surface area contributed by atoms with Crippen LogP contribution in [0, 0.1) is 0 Å². The Kier molecular flexibility index (Phi) is 8.73. The molecule has 10 aromatic carbocycles. The van der Waals surface area contributed by atoms with E-state index in [1.54, 1.807) is 11.3 Å². The molecule has 0 saturated carbocycles. The zero-order chi connectivity index (χ0) is 46.6. The van der Waals surface area contributed by atoms with Crippen LogP contribution in [-0.2, 0) is 0 Å². The molecule has 0 amide bonds. The number of hydrogen-bond acceptors (Lipinski definition) is 5. The monoisotopic (exact) mass is 922 g/mol. The van der Waals surface area contributed by atoms with Crippen molar-refractivity contribution < 1.29 is 0 Å². The molecule has 330 valence electrons. The minimum atomic E-state index is 0.633. The predicted octanol–water partition coefficient (Wildman–Crippen LogP) is 16.8. The molecule has 0 atom stereocenters. The molecule has 15 aromatic rings. The number of thiophene rings is 1. The molecule has 5 heterocycles. The Morgan fingerprint density at radius 1 is 0.310 bits per heavy atom. The molecule has 0 bridgehead atoms. The van der Waals surface area contributed by atoms with Crippen molar-refractivity contribution in [2.24, 2.45) is 0 Å². The summed E-state index contributed by atoms with van der Waals surface area (Å²) < 4.78 is 5.69. The first kappa shape index (κ1) is 39.7. The fourth-order valence-electron chi connectivity index (χ4n) is 11.0. The summed E-state index contributed by atoms with van der Waals surface area (Å²) in [5.74, 6) is 1.27. The summed E-state index contributed by atoms with van der Waals surface area (Å²) in [6.07, 6.45) is 0. The summed E-state index contributed by atoms with van der Waals surface area (Å²) in [5, 5.41) is 10.2. The largest absolute Gasteiger partial charge is 0.278 e. The van der Waals surface area contributed by atoms with Crippen LogP contribution in [0.3, 0.4) is 0 Å². The molecular formula is C64H38N6S. The SMILES string of the molecule is c1ccc(-c2cc3ccc4nc(-n5c6ccc(-c7cccc8c7c7ccccc7n8-c7nc(-c8ccccc8)c8ccccc8n7)cc6c6c7ccccc7ccc65)nc(-c5ccccc5)c4c3s2)cc1. The van der Waals surface area contributed by atoms with Crippen LogP contribution in [0.4, 0.5) is 0 Å². The van der Waals surface area contributed by atoms with Crippen molar-refractivity contribution in [2.75, 3.05) is 0 Å². The van der Waals surface area contributed by atoms with E-state index < -0.39 is 0 Å². The van der Waals surface area contributed by atoms with Crippen LogP contribution in [-0.4, -0.2) is 29.1 Å². The van der Waals surface area contributed by atoms with Gasteiger partial charge < -0.3 is 0 Å². The number of nitrogens with zero attached hydrogens (tertiary/aromatic N) is 6. The number of fused-ring (bicyclic) bond motifs is 12. The lowest BCUT2D eigenvalue weighted by Gasteiger charge is -2.13. The highest BCUT2D eigenvalue weighted by Gasteiger charge is 2.24. The molecule has 7 heteroatoms. The van der Waals surface area contributed by atoms with Gasteiger partial charge in [0.2, 0.25) is 11.9 Å². The third-order valence-corrected chi connectivity index (χ3v) is 15.4. The highest BCUT2D eigenvalue weighted by atomic mass is 32.1. The Morgan fingerprint density at radius 2 is 0.887 bits per heavy atom. The van der Waals surface area contributed by atoms with Crippen molar-refractivity contribution in [3.8, 4) is 56.0 Å². The van der Waals surface area contributed by atoms with Gasteiger partial charge in [0.1, 0.15) is 0 Å². The van der Waals surface area contributed by atoms with Gasteiger partial charge in [-0.15, -0.1) is 11.3 Å². The number of aromatic nitrogens is 6. The van der Waals surface area contributed by atoms with Crippen molar-refractivity contribution in [1.82, 2.24) is 29.1 Å². The Balaban J connectivity index is 0.972. The first-order valence-corrected chi connectivity index (χ1v) is 24.7. The molecule has 0 aliphatic rings. The fraction of sp³-hybridized carbons (Fsp3) is 0. The van der Waals surface area contributed by atoms with E-state index in [0.717, 1.165) is 93.7 Å². The summed E-state index contributed by atoms with van der Waals surface area (Å²) in [4.78, 5) is 22.9. The Labute approximate surface area is 411 Å². The quantitative estimate of drug-likeness (QED) is 0.167. The Bertz CT molecular complexity index is 4630. The number of para-hydroxylation sites is 2. The molecule has 71 heavy (non-hydrogen) atoms. The van der Waals surface area contributed by atoms with Gasteiger partial charge in [0.15, 0.2) is 0 Å². The fourth-order valence-corrected chi connectivity index (χ4v) is 12.2. The van der Waals surface area contributed by atoms with Crippen molar-refractivity contribution in [3.05, 3.63) is 231 Å². The van der Waals surface area contributed by atoms with Gasteiger partial charge >= 0.3 is 0 Å². The maximum atomic E-state index is 5.60. The molecule has 0 spiro atoms. The average Bonchev–Trinajstić information content (AvgIpc) is 4.14. The van der Waals surface area contributed by atoms with Gasteiger partial charge in [-0.2, -0.15) is 0 Å². The van der Waals surface area contributed by atoms with Crippen molar-refractivity contribution in [2.45, 2.75) is 0 Å². The van der Waals surface area contributed by atoms with Crippen LogP contribution in [0.2, 0.25) is 0 Å². The molecule has 0 fully saturated rings. The molecule has 0 saturated heterocycles. The summed E-state index contributed by atoms with van der Waals surface area (Å²) in [5.41, 5.74) is 13.4. The van der Waals surface area contributed by atoms with Gasteiger partial charge in [-0.25, -0.2) is 19.9 Å². The van der Waals surface area contributed by atoms with E-state index in [1.165, 1.54) is 36.7 Å². The van der Waals surface area contributed by atoms with Crippen molar-refractivity contribution >= 4 is 97.6 Å². The van der Waals surface area contributed by atoms with Gasteiger partial charge in [-0.1, -0.05) is 182 Å². The van der Waals surface area contributed by atoms with Crippen LogP contribution >= 0.6 is 11.3 Å². The lowest BCUT2D eigenvalue weighted by atomic mass is 9.97. The molecule has 0 aliphatic carbocycles. The van der Waals surface area contributed by atoms with E-state index in [1.807, 2.05) is 12.1 Å². The van der Waals surface area contributed by atoms with Crippen LogP contribution in [0.1, 0.15) is 0 Å². The number of hydrogen-bond donors (Lipinski definition) is 0. The highest BCUT2D eigenvalue weighted by Crippen LogP contribution is 2.45. The van der Waals surface area contributed by atoms with E-state index in [-0.39, 0.29) is 0 Å². The number of rotatable bonds is 6. The molecule has 0 N–H and O–H groups in total. The Hall–Kier alpha value is -9.30. The van der Waals surface area contributed by atoms with E-state index in [4.69, 9.17) is 19.9 Å². The van der Waals surface area contributed by atoms with E-state index in [9.17, 15) is 0 Å². The lowest BCUT2D eigenvalue weighted by molar-refractivity contribution is 1.01. The summed E-state index contributed by atoms with van der Waals surface area (Å²) in [6, 6.07) is 81.9. The second-order valence-electron chi connectivity index (χ2n) is 18.1. The van der Waals surface area contributed by atoms with Crippen LogP contribution in [0.15, 0.2) is 231 Å². The summed E-state index contributed by atoms with van der Waals surface area (Å²) >= 11 is 1.80. The van der Waals surface area contributed by atoms with Gasteiger partial charge in [0, 0.05) is 53.0 Å². The van der Waals surface area contributed by atoms with Crippen LogP contribution < -0.4 is 0 Å². The van der Waals surface area contributed by atoms with Crippen molar-refractivity contribution in [1.29, 1.82) is 0 Å². The molecular weight excluding hydrogens is 885 g/mol. The van der Waals surface area contributed by atoms with Crippen LogP contribution in [0.25, 0.3) is 142 Å². The number of benzene rings is 10. The molecule has 0 unspecified atom stereocenters. The van der Waals surface area contributed by atoms with Crippen molar-refractivity contribution in [3.63, 3.8) is 0 Å². The minimum Gasteiger partial charge on any atom is -0.278 e. The molecule has 6 nitrogen and oxygen atoms in total. The average molecular weight is 923 g/mol. The van der Waals surface area contributed by atoms with Gasteiger partial charge in [-0.3, -0.25) is 9.13 Å². The first-order chi connectivity index (χ1) is 35.2. The predicted molar refractivity (Wildman–Crippen MR) is 296 cm³/mol. The normalized spacial score (nSPS) is 11.9. The summed E-state index contributed by atoms with van der Waals surface area (Å²) in [7, 11) is 0. The highest BCUT2D eigenvalue weighted by molar-refractivity contribution is 7.23. The van der Waals surface area contributed by atoms with Crippen LogP contribution in [0.5, 0.6) is 0 Å². The van der Waals surface area contributed by atoms with Gasteiger partial charge in [0.25, 0.3) is 0 Å². The zero-order valence-corrected chi connectivity index (χ0v) is 38.8. The van der Waals surface area contributed by atoms with Gasteiger partial charge in [-0.05, 0) is 81.4 Å². The second-order valence-corrected chi connectivity index (χ2v) is 19.2. The molecule has 0 radical (unpaired) electrons. The topological polar surface area (TPSA) is 61.4 Å². The third kappa shape index (κ3) is 6.13. The summed E-state index contributed by atoms with van der Waals surface area (Å²) in [6.45, 7) is 0. The van der Waals surface area contributed by atoms with E-state index >= 15 is 0 Å². The molecule has 0 aliphatic heterocycles. The lowest BCUT2D eigenvalue weighted by Crippen LogP contribution is -2.03. The minimum absolute atomic E-state index is 0.633. The zero-order valence-electron chi connectivity index (χ0n) is 38.0. The third-order valence-electron chi connectivity index (χ3n) is 14.1. The van der Waals surface area contributed by atoms with E-state index in [2.05, 4.69) is 228 Å².